The van der Waals surface area contributed by atoms with Crippen LogP contribution < -0.4 is 5.32 Å². The summed E-state index contributed by atoms with van der Waals surface area (Å²) in [7, 11) is 1.63. The second kappa shape index (κ2) is 8.61. The van der Waals surface area contributed by atoms with Gasteiger partial charge in [-0.3, -0.25) is 4.79 Å². The van der Waals surface area contributed by atoms with Crippen LogP contribution >= 0.6 is 11.8 Å². The normalized spacial score (nSPS) is 11.9. The predicted molar refractivity (Wildman–Crippen MR) is 91.2 cm³/mol. The van der Waals surface area contributed by atoms with Crippen LogP contribution in [0.4, 0.5) is 0 Å². The minimum Gasteiger partial charge on any atom is -0.383 e. The van der Waals surface area contributed by atoms with Crippen LogP contribution in [0.25, 0.3) is 0 Å². The van der Waals surface area contributed by atoms with Crippen LogP contribution in [0.5, 0.6) is 0 Å². The smallest absolute Gasteiger partial charge is 0.251 e. The molecule has 0 aliphatic heterocycles. The van der Waals surface area contributed by atoms with Crippen LogP contribution in [0.1, 0.15) is 22.8 Å². The molecular formula is C18H21NO2S. The van der Waals surface area contributed by atoms with Crippen LogP contribution in [0.2, 0.25) is 0 Å². The maximum absolute atomic E-state index is 12.0. The maximum atomic E-state index is 12.0. The van der Waals surface area contributed by atoms with Gasteiger partial charge in [0.25, 0.3) is 5.91 Å². The number of thioether (sulfide) groups is 1. The van der Waals surface area contributed by atoms with E-state index in [1.165, 1.54) is 10.5 Å². The number of carbonyl (C=O) groups excluding carboxylic acids is 1. The van der Waals surface area contributed by atoms with Gasteiger partial charge in [0.15, 0.2) is 0 Å². The lowest BCUT2D eigenvalue weighted by Crippen LogP contribution is -2.35. The van der Waals surface area contributed by atoms with Crippen molar-refractivity contribution in [2.45, 2.75) is 23.6 Å². The molecule has 0 aromatic heterocycles. The van der Waals surface area contributed by atoms with Crippen molar-refractivity contribution in [1.82, 2.24) is 5.32 Å². The molecule has 1 atom stereocenters. The van der Waals surface area contributed by atoms with E-state index in [1.807, 2.05) is 49.4 Å². The van der Waals surface area contributed by atoms with E-state index >= 15 is 0 Å². The Morgan fingerprint density at radius 1 is 1.14 bits per heavy atom. The van der Waals surface area contributed by atoms with E-state index in [-0.39, 0.29) is 11.9 Å². The number of hydrogen-bond donors (Lipinski definition) is 1. The van der Waals surface area contributed by atoms with E-state index in [1.54, 1.807) is 18.9 Å². The molecule has 1 N–H and O–H groups in total. The molecule has 0 spiro atoms. The lowest BCUT2D eigenvalue weighted by atomic mass is 10.1. The molecule has 0 saturated heterocycles. The number of hydrogen-bond acceptors (Lipinski definition) is 3. The van der Waals surface area contributed by atoms with Gasteiger partial charge in [-0.2, -0.15) is 0 Å². The first-order valence-corrected chi connectivity index (χ1v) is 8.24. The van der Waals surface area contributed by atoms with Crippen molar-refractivity contribution in [2.24, 2.45) is 0 Å². The number of methoxy groups -OCH3 is 1. The average Bonchev–Trinajstić information content (AvgIpc) is 2.54. The predicted octanol–water partition coefficient (Wildman–Crippen LogP) is 3.74. The molecule has 0 fully saturated rings. The minimum atomic E-state index is -0.0631. The number of amides is 1. The molecule has 3 nitrogen and oxygen atoms in total. The summed E-state index contributed by atoms with van der Waals surface area (Å²) in [5, 5.41) is 2.91. The van der Waals surface area contributed by atoms with E-state index < -0.39 is 0 Å². The quantitative estimate of drug-likeness (QED) is 0.791. The van der Waals surface area contributed by atoms with Crippen LogP contribution in [-0.2, 0) is 10.5 Å². The Bertz CT molecular complexity index is 584. The molecular weight excluding hydrogens is 294 g/mol. The molecule has 0 radical (unpaired) electrons. The topological polar surface area (TPSA) is 38.3 Å². The number of nitrogens with one attached hydrogen (secondary N) is 1. The van der Waals surface area contributed by atoms with Gasteiger partial charge in [0.2, 0.25) is 0 Å². The Morgan fingerprint density at radius 2 is 1.82 bits per heavy atom. The fourth-order valence-corrected chi connectivity index (χ4v) is 2.91. The molecule has 4 heteroatoms. The fourth-order valence-electron chi connectivity index (χ4n) is 2.03. The molecule has 0 aliphatic rings. The molecule has 1 amide bonds. The van der Waals surface area contributed by atoms with Crippen molar-refractivity contribution in [3.63, 3.8) is 0 Å². The molecule has 0 bridgehead atoms. The zero-order valence-corrected chi connectivity index (χ0v) is 13.7. The molecule has 0 aliphatic carbocycles. The van der Waals surface area contributed by atoms with Gasteiger partial charge in [-0.15, -0.1) is 11.8 Å². The largest absolute Gasteiger partial charge is 0.383 e. The Labute approximate surface area is 136 Å². The zero-order chi connectivity index (χ0) is 15.8. The number of benzene rings is 2. The molecule has 0 unspecified atom stereocenters. The summed E-state index contributed by atoms with van der Waals surface area (Å²) < 4.78 is 5.02. The Morgan fingerprint density at radius 3 is 2.45 bits per heavy atom. The summed E-state index contributed by atoms with van der Waals surface area (Å²) in [6.07, 6.45) is 0. The summed E-state index contributed by atoms with van der Waals surface area (Å²) >= 11 is 1.79. The van der Waals surface area contributed by atoms with Gasteiger partial charge < -0.3 is 10.1 Å². The second-order valence-electron chi connectivity index (χ2n) is 5.13. The van der Waals surface area contributed by atoms with Crippen LogP contribution in [-0.4, -0.2) is 25.7 Å². The highest BCUT2D eigenvalue weighted by Gasteiger charge is 2.09. The molecule has 0 heterocycles. The molecule has 2 rings (SSSR count). The van der Waals surface area contributed by atoms with Crippen molar-refractivity contribution < 1.29 is 9.53 Å². The fraction of sp³-hybridized carbons (Fsp3) is 0.278. The lowest BCUT2D eigenvalue weighted by molar-refractivity contribution is 0.0905. The van der Waals surface area contributed by atoms with Crippen molar-refractivity contribution in [1.29, 1.82) is 0 Å². The van der Waals surface area contributed by atoms with Gasteiger partial charge in [0, 0.05) is 29.4 Å². The van der Waals surface area contributed by atoms with Gasteiger partial charge in [-0.1, -0.05) is 30.3 Å². The highest BCUT2D eigenvalue weighted by atomic mass is 32.2. The maximum Gasteiger partial charge on any atom is 0.251 e. The first-order valence-electron chi connectivity index (χ1n) is 7.25. The standard InChI is InChI=1S/C18H21NO2S/c1-14(12-21-2)19-18(20)16-10-8-15(9-11-16)13-22-17-6-4-3-5-7-17/h3-11,14H,12-13H2,1-2H3,(H,19,20)/t14-/m0/s1. The molecule has 116 valence electrons. The van der Waals surface area contributed by atoms with E-state index in [0.29, 0.717) is 12.2 Å². The van der Waals surface area contributed by atoms with E-state index in [2.05, 4.69) is 17.4 Å². The second-order valence-corrected chi connectivity index (χ2v) is 6.18. The van der Waals surface area contributed by atoms with Crippen molar-refractivity contribution in [3.05, 3.63) is 65.7 Å². The highest BCUT2D eigenvalue weighted by Crippen LogP contribution is 2.22. The van der Waals surface area contributed by atoms with Gasteiger partial charge in [-0.25, -0.2) is 0 Å². The minimum absolute atomic E-state index is 0.00538. The zero-order valence-electron chi connectivity index (χ0n) is 12.9. The average molecular weight is 315 g/mol. The van der Waals surface area contributed by atoms with Gasteiger partial charge >= 0.3 is 0 Å². The van der Waals surface area contributed by atoms with Gasteiger partial charge in [0.1, 0.15) is 0 Å². The summed E-state index contributed by atoms with van der Waals surface area (Å²) in [4.78, 5) is 13.3. The monoisotopic (exact) mass is 315 g/mol. The molecule has 0 saturated carbocycles. The van der Waals surface area contributed by atoms with Crippen LogP contribution in [0, 0.1) is 0 Å². The third-order valence-electron chi connectivity index (χ3n) is 3.16. The van der Waals surface area contributed by atoms with E-state index in [0.717, 1.165) is 5.75 Å². The summed E-state index contributed by atoms with van der Waals surface area (Å²) in [6.45, 7) is 2.43. The lowest BCUT2D eigenvalue weighted by Gasteiger charge is -2.12. The summed E-state index contributed by atoms with van der Waals surface area (Å²) in [5.74, 6) is 0.832. The molecule has 22 heavy (non-hydrogen) atoms. The Kier molecular flexibility index (Phi) is 6.49. The SMILES string of the molecule is COC[C@H](C)NC(=O)c1ccc(CSc2ccccc2)cc1. The Balaban J connectivity index is 1.88. The van der Waals surface area contributed by atoms with Crippen molar-refractivity contribution >= 4 is 17.7 Å². The van der Waals surface area contributed by atoms with Gasteiger partial charge in [-0.05, 0) is 36.8 Å². The van der Waals surface area contributed by atoms with E-state index in [4.69, 9.17) is 4.74 Å². The summed E-state index contributed by atoms with van der Waals surface area (Å²) in [5.41, 5.74) is 1.88. The van der Waals surface area contributed by atoms with Crippen LogP contribution in [0.3, 0.4) is 0 Å². The molecule has 2 aromatic rings. The highest BCUT2D eigenvalue weighted by molar-refractivity contribution is 7.98. The number of carbonyl (C=O) groups is 1. The first kappa shape index (κ1) is 16.6. The van der Waals surface area contributed by atoms with Crippen molar-refractivity contribution in [2.75, 3.05) is 13.7 Å². The third-order valence-corrected chi connectivity index (χ3v) is 4.24. The van der Waals surface area contributed by atoms with Crippen LogP contribution in [0.15, 0.2) is 59.5 Å². The number of rotatable bonds is 7. The molecule has 2 aromatic carbocycles. The van der Waals surface area contributed by atoms with E-state index in [9.17, 15) is 4.79 Å². The number of ether oxygens (including phenoxy) is 1. The van der Waals surface area contributed by atoms with Gasteiger partial charge in [0.05, 0.1) is 6.61 Å². The van der Waals surface area contributed by atoms with Crippen molar-refractivity contribution in [3.8, 4) is 0 Å². The first-order chi connectivity index (χ1) is 10.7. The third kappa shape index (κ3) is 5.20. The summed E-state index contributed by atoms with van der Waals surface area (Å²) in [6, 6.07) is 18.1. The Hall–Kier alpha value is -1.78.